The summed E-state index contributed by atoms with van der Waals surface area (Å²) in [5, 5.41) is 16.8. The molecule has 0 radical (unpaired) electrons. The smallest absolute Gasteiger partial charge is 0.341 e. The van der Waals surface area contributed by atoms with Gasteiger partial charge < -0.3 is 24.7 Å². The van der Waals surface area contributed by atoms with Crippen molar-refractivity contribution in [2.24, 2.45) is 0 Å². The van der Waals surface area contributed by atoms with Crippen molar-refractivity contribution in [3.05, 3.63) is 39.8 Å². The molecule has 2 aliphatic rings. The summed E-state index contributed by atoms with van der Waals surface area (Å²) < 4.78 is 21.8. The van der Waals surface area contributed by atoms with Crippen LogP contribution in [0.4, 0.5) is 16.2 Å². The molecule has 4 heterocycles. The largest absolute Gasteiger partial charge is 0.477 e. The Morgan fingerprint density at radius 2 is 2.10 bits per heavy atom. The van der Waals surface area contributed by atoms with E-state index in [1.165, 1.54) is 6.20 Å². The lowest BCUT2D eigenvalue weighted by Gasteiger charge is -2.19. The van der Waals surface area contributed by atoms with Crippen LogP contribution in [0.25, 0.3) is 11.0 Å². The van der Waals surface area contributed by atoms with E-state index in [1.807, 2.05) is 0 Å². The Morgan fingerprint density at radius 1 is 1.31 bits per heavy atom. The van der Waals surface area contributed by atoms with Gasteiger partial charge in [0.2, 0.25) is 11.3 Å². The van der Waals surface area contributed by atoms with E-state index in [1.54, 1.807) is 9.47 Å². The number of pyridine rings is 2. The normalized spacial score (nSPS) is 19.2. The number of fused-ring (bicyclic) bond motifs is 1. The minimum absolute atomic E-state index is 0.0175. The van der Waals surface area contributed by atoms with Gasteiger partial charge in [-0.15, -0.1) is 5.10 Å². The number of carboxylic acid groups (broad SMARTS) is 1. The van der Waals surface area contributed by atoms with Crippen LogP contribution in [0.5, 0.6) is 0 Å². The molecular weight excluding hydrogens is 383 g/mol. The number of hydrogen-bond donors (Lipinski definition) is 2. The highest BCUT2D eigenvalue weighted by atomic mass is 19.1. The quantitative estimate of drug-likeness (QED) is 0.667. The Kier molecular flexibility index (Phi) is 3.80. The van der Waals surface area contributed by atoms with Gasteiger partial charge in [0.25, 0.3) is 0 Å². The van der Waals surface area contributed by atoms with Crippen molar-refractivity contribution in [2.45, 2.75) is 31.2 Å². The highest BCUT2D eigenvalue weighted by Crippen LogP contribution is 2.38. The van der Waals surface area contributed by atoms with E-state index in [4.69, 9.17) is 10.2 Å². The molecule has 3 N–H and O–H groups in total. The molecule has 0 aromatic carbocycles. The van der Waals surface area contributed by atoms with Gasteiger partial charge in [-0.05, 0) is 25.3 Å². The van der Waals surface area contributed by atoms with E-state index in [-0.39, 0.29) is 34.7 Å². The molecule has 1 aliphatic heterocycles. The number of nitrogens with zero attached hydrogens (tertiary/aromatic N) is 5. The molecular formula is C18H17FN6O4. The molecule has 150 valence electrons. The fourth-order valence-corrected chi connectivity index (χ4v) is 3.81. The zero-order valence-electron chi connectivity index (χ0n) is 15.2. The summed E-state index contributed by atoms with van der Waals surface area (Å²) in [6.07, 6.45) is 3.69. The molecule has 1 atom stereocenters. The van der Waals surface area contributed by atoms with Crippen molar-refractivity contribution in [2.75, 3.05) is 23.7 Å². The van der Waals surface area contributed by atoms with E-state index in [0.717, 1.165) is 18.9 Å². The number of carboxylic acids is 1. The van der Waals surface area contributed by atoms with Gasteiger partial charge in [0.1, 0.15) is 11.2 Å². The van der Waals surface area contributed by atoms with Crippen LogP contribution < -0.4 is 16.1 Å². The van der Waals surface area contributed by atoms with Crippen molar-refractivity contribution < 1.29 is 18.7 Å². The maximum atomic E-state index is 14.9. The lowest BCUT2D eigenvalue weighted by Crippen LogP contribution is -2.24. The number of nitrogen functional groups attached to an aromatic ring is 1. The Morgan fingerprint density at radius 3 is 2.76 bits per heavy atom. The van der Waals surface area contributed by atoms with Gasteiger partial charge in [-0.3, -0.25) is 4.79 Å². The van der Waals surface area contributed by atoms with E-state index < -0.39 is 17.2 Å². The predicted molar refractivity (Wildman–Crippen MR) is 99.5 cm³/mol. The van der Waals surface area contributed by atoms with Crippen LogP contribution >= 0.6 is 0 Å². The van der Waals surface area contributed by atoms with E-state index >= 15 is 0 Å². The minimum Gasteiger partial charge on any atom is -0.477 e. The van der Waals surface area contributed by atoms with Crippen LogP contribution in [0, 0.1) is 5.82 Å². The Bertz CT molecular complexity index is 1200. The summed E-state index contributed by atoms with van der Waals surface area (Å²) in [7, 11) is 0. The van der Waals surface area contributed by atoms with Crippen LogP contribution in [0.15, 0.2) is 21.5 Å². The molecule has 29 heavy (non-hydrogen) atoms. The third kappa shape index (κ3) is 2.89. The maximum absolute atomic E-state index is 14.9. The number of hydrogen-bond acceptors (Lipinski definition) is 8. The molecule has 10 nitrogen and oxygen atoms in total. The fourth-order valence-electron chi connectivity index (χ4n) is 3.81. The van der Waals surface area contributed by atoms with Gasteiger partial charge >= 0.3 is 12.0 Å². The second-order valence-corrected chi connectivity index (χ2v) is 7.39. The second-order valence-electron chi connectivity index (χ2n) is 7.39. The summed E-state index contributed by atoms with van der Waals surface area (Å²) in [6, 6.07) is 1.13. The number of anilines is 2. The van der Waals surface area contributed by atoms with Crippen molar-refractivity contribution >= 4 is 28.8 Å². The average molecular weight is 400 g/mol. The molecule has 0 bridgehead atoms. The monoisotopic (exact) mass is 400 g/mol. The fraction of sp³-hybridized carbons (Fsp3) is 0.389. The number of nitrogens with two attached hydrogens (primary N) is 1. The van der Waals surface area contributed by atoms with Crippen molar-refractivity contribution in [3.8, 4) is 0 Å². The molecule has 3 aromatic heterocycles. The van der Waals surface area contributed by atoms with Gasteiger partial charge in [0, 0.05) is 25.3 Å². The Balaban J connectivity index is 1.58. The summed E-state index contributed by atoms with van der Waals surface area (Å²) in [4.78, 5) is 30.2. The van der Waals surface area contributed by atoms with Gasteiger partial charge in [-0.2, -0.15) is 0 Å². The van der Waals surface area contributed by atoms with Crippen molar-refractivity contribution in [1.82, 2.24) is 19.7 Å². The molecule has 0 spiro atoms. The van der Waals surface area contributed by atoms with Crippen LogP contribution in [-0.2, 0) is 0 Å². The molecule has 3 aromatic rings. The minimum atomic E-state index is -1.34. The Labute approximate surface area is 162 Å². The summed E-state index contributed by atoms with van der Waals surface area (Å²) in [5.74, 6) is -1.60. The maximum Gasteiger partial charge on any atom is 0.341 e. The first-order valence-corrected chi connectivity index (χ1v) is 9.25. The van der Waals surface area contributed by atoms with Gasteiger partial charge in [0.15, 0.2) is 11.6 Å². The van der Waals surface area contributed by atoms with E-state index in [2.05, 4.69) is 15.2 Å². The van der Waals surface area contributed by atoms with Crippen LogP contribution in [-0.4, -0.2) is 43.9 Å². The lowest BCUT2D eigenvalue weighted by atomic mass is 10.1. The number of aromatic carboxylic acids is 1. The van der Waals surface area contributed by atoms with E-state index in [0.29, 0.717) is 31.0 Å². The highest BCUT2D eigenvalue weighted by Gasteiger charge is 2.32. The van der Waals surface area contributed by atoms with E-state index in [9.17, 15) is 19.1 Å². The zero-order chi connectivity index (χ0) is 20.3. The van der Waals surface area contributed by atoms with Gasteiger partial charge in [-0.1, -0.05) is 5.10 Å². The first-order valence-electron chi connectivity index (χ1n) is 9.25. The molecule has 1 saturated carbocycles. The van der Waals surface area contributed by atoms with Crippen molar-refractivity contribution in [1.29, 1.82) is 0 Å². The molecule has 11 heteroatoms. The molecule has 1 aliphatic carbocycles. The number of aromatic nitrogens is 4. The third-order valence-corrected chi connectivity index (χ3v) is 5.40. The average Bonchev–Trinajstić information content (AvgIpc) is 3.24. The van der Waals surface area contributed by atoms with Gasteiger partial charge in [-0.25, -0.2) is 14.2 Å². The number of halogens is 1. The van der Waals surface area contributed by atoms with Crippen LogP contribution in [0.1, 0.15) is 47.5 Å². The summed E-state index contributed by atoms with van der Waals surface area (Å²) >= 11 is 0. The van der Waals surface area contributed by atoms with Gasteiger partial charge in [0.05, 0.1) is 11.3 Å². The third-order valence-electron chi connectivity index (χ3n) is 5.40. The Hall–Kier alpha value is -3.50. The lowest BCUT2D eigenvalue weighted by molar-refractivity contribution is 0.0695. The van der Waals surface area contributed by atoms with Crippen molar-refractivity contribution in [3.63, 3.8) is 0 Å². The SMILES string of the molecule is Nc1nnc(C2CCN(c3nc4c(cc3F)c(=O)c(C(=O)O)cn4C3CC3)C2)o1. The highest BCUT2D eigenvalue weighted by molar-refractivity contribution is 5.92. The first-order chi connectivity index (χ1) is 13.9. The second kappa shape index (κ2) is 6.26. The predicted octanol–water partition coefficient (Wildman–Crippen LogP) is 1.53. The molecule has 1 saturated heterocycles. The summed E-state index contributed by atoms with van der Waals surface area (Å²) in [5.41, 5.74) is 4.66. The molecule has 1 unspecified atom stereocenters. The van der Waals surface area contributed by atoms with Crippen LogP contribution in [0.3, 0.4) is 0 Å². The molecule has 2 fully saturated rings. The van der Waals surface area contributed by atoms with Crippen LogP contribution in [0.2, 0.25) is 0 Å². The standard InChI is InChI=1S/C18H17FN6O4/c19-12-5-10-13(26)11(17(27)28)7-25(9-1-2-9)14(10)21-15(12)24-4-3-8(6-24)16-22-23-18(20)29-16/h5,7-9H,1-4,6H2,(H2,20,23)(H,27,28). The zero-order valence-corrected chi connectivity index (χ0v) is 15.2. The number of carbonyl (C=O) groups is 1. The molecule has 5 rings (SSSR count). The number of rotatable bonds is 4. The topological polar surface area (TPSA) is 140 Å². The summed E-state index contributed by atoms with van der Waals surface area (Å²) in [6.45, 7) is 0.932. The molecule has 0 amide bonds. The first kappa shape index (κ1) is 17.6.